The predicted molar refractivity (Wildman–Crippen MR) is 112 cm³/mol. The second-order valence-electron chi connectivity index (χ2n) is 7.76. The van der Waals surface area contributed by atoms with Crippen LogP contribution in [0.15, 0.2) is 31.0 Å². The normalized spacial score (nSPS) is 15.2. The van der Waals surface area contributed by atoms with Crippen molar-refractivity contribution in [3.8, 4) is 6.07 Å². The molecule has 0 spiro atoms. The maximum atomic E-state index is 12.6. The van der Waals surface area contributed by atoms with Crippen molar-refractivity contribution in [2.75, 3.05) is 11.9 Å². The summed E-state index contributed by atoms with van der Waals surface area (Å²) in [7, 11) is 0. The van der Waals surface area contributed by atoms with E-state index < -0.39 is 5.91 Å². The largest absolute Gasteiger partial charge is 0.492 e. The average molecular weight is 391 g/mol. The van der Waals surface area contributed by atoms with Crippen molar-refractivity contribution in [2.45, 2.75) is 40.0 Å². The van der Waals surface area contributed by atoms with Crippen molar-refractivity contribution in [3.05, 3.63) is 53.9 Å². The highest BCUT2D eigenvalue weighted by atomic mass is 16.5. The van der Waals surface area contributed by atoms with Crippen LogP contribution in [0, 0.1) is 16.7 Å². The first-order valence-corrected chi connectivity index (χ1v) is 9.62. The third-order valence-electron chi connectivity index (χ3n) is 4.94. The van der Waals surface area contributed by atoms with Gasteiger partial charge >= 0.3 is 0 Å². The summed E-state index contributed by atoms with van der Waals surface area (Å²) in [6.45, 7) is 10.8. The Morgan fingerprint density at radius 1 is 1.45 bits per heavy atom. The monoisotopic (exact) mass is 391 g/mol. The predicted octanol–water partition coefficient (Wildman–Crippen LogP) is 4.53. The van der Waals surface area contributed by atoms with Gasteiger partial charge in [-0.25, -0.2) is 9.97 Å². The molecule has 0 fully saturated rings. The van der Waals surface area contributed by atoms with Crippen LogP contribution >= 0.6 is 0 Å². The van der Waals surface area contributed by atoms with E-state index in [9.17, 15) is 4.79 Å². The molecule has 2 heterocycles. The van der Waals surface area contributed by atoms with E-state index in [2.05, 4.69) is 41.8 Å². The maximum Gasteiger partial charge on any atom is 0.291 e. The van der Waals surface area contributed by atoms with Crippen LogP contribution in [0.5, 0.6) is 0 Å². The lowest BCUT2D eigenvalue weighted by molar-refractivity contribution is 0.101. The Balaban J connectivity index is 1.95. The fraction of sp³-hybridized carbons (Fsp3) is 0.364. The minimum atomic E-state index is -0.428. The SMILES string of the molecule is C=C(OCC)c1ccc(NC(=O)c2ncc(C#N)[nH]2)c(C2=CCC(C)(C)CC2)n1. The number of H-pyrrole nitrogens is 1. The van der Waals surface area contributed by atoms with Crippen LogP contribution in [0.2, 0.25) is 0 Å². The molecule has 2 N–H and O–H groups in total. The molecule has 1 aliphatic rings. The number of nitrogens with zero attached hydrogens (tertiary/aromatic N) is 3. The van der Waals surface area contributed by atoms with E-state index in [0.717, 1.165) is 24.8 Å². The van der Waals surface area contributed by atoms with Crippen molar-refractivity contribution in [1.82, 2.24) is 15.0 Å². The van der Waals surface area contributed by atoms with Crippen LogP contribution in [-0.4, -0.2) is 27.5 Å². The Bertz CT molecular complexity index is 1010. The van der Waals surface area contributed by atoms with E-state index in [1.54, 1.807) is 12.1 Å². The quantitative estimate of drug-likeness (QED) is 0.704. The van der Waals surface area contributed by atoms with E-state index in [0.29, 0.717) is 29.4 Å². The van der Waals surface area contributed by atoms with Crippen LogP contribution in [0.4, 0.5) is 5.69 Å². The Morgan fingerprint density at radius 3 is 2.86 bits per heavy atom. The molecule has 2 aromatic heterocycles. The van der Waals surface area contributed by atoms with Crippen molar-refractivity contribution in [1.29, 1.82) is 5.26 Å². The van der Waals surface area contributed by atoms with Gasteiger partial charge in [-0.05, 0) is 49.3 Å². The van der Waals surface area contributed by atoms with Gasteiger partial charge in [0, 0.05) is 0 Å². The molecule has 7 nitrogen and oxygen atoms in total. The lowest BCUT2D eigenvalue weighted by Gasteiger charge is -2.29. The third-order valence-corrected chi connectivity index (χ3v) is 4.94. The topological polar surface area (TPSA) is 104 Å². The summed E-state index contributed by atoms with van der Waals surface area (Å²) in [6.07, 6.45) is 6.36. The number of carbonyl (C=O) groups is 1. The highest BCUT2D eigenvalue weighted by Gasteiger charge is 2.25. The Labute approximate surface area is 170 Å². The lowest BCUT2D eigenvalue weighted by atomic mass is 9.77. The summed E-state index contributed by atoms with van der Waals surface area (Å²) in [5.74, 6) is 0.143. The van der Waals surface area contributed by atoms with Gasteiger partial charge in [-0.3, -0.25) is 4.79 Å². The number of anilines is 1. The average Bonchev–Trinajstić information content (AvgIpc) is 3.18. The summed E-state index contributed by atoms with van der Waals surface area (Å²) in [5.41, 5.74) is 3.50. The number of aromatic amines is 1. The first-order chi connectivity index (χ1) is 13.8. The summed E-state index contributed by atoms with van der Waals surface area (Å²) in [4.78, 5) is 24.0. The molecule has 150 valence electrons. The van der Waals surface area contributed by atoms with Gasteiger partial charge in [0.15, 0.2) is 5.82 Å². The Morgan fingerprint density at radius 2 is 2.24 bits per heavy atom. The molecule has 2 aromatic rings. The molecule has 7 heteroatoms. The minimum absolute atomic E-state index is 0.0778. The van der Waals surface area contributed by atoms with Crippen LogP contribution < -0.4 is 5.32 Å². The van der Waals surface area contributed by atoms with Gasteiger partial charge in [-0.1, -0.05) is 26.5 Å². The number of aromatic nitrogens is 3. The van der Waals surface area contributed by atoms with Gasteiger partial charge < -0.3 is 15.0 Å². The van der Waals surface area contributed by atoms with Crippen molar-refractivity contribution < 1.29 is 9.53 Å². The summed E-state index contributed by atoms with van der Waals surface area (Å²) < 4.78 is 5.50. The Hall–Kier alpha value is -3.40. The molecule has 3 rings (SSSR count). The molecule has 0 radical (unpaired) electrons. The van der Waals surface area contributed by atoms with Crippen LogP contribution in [0.1, 0.15) is 67.7 Å². The van der Waals surface area contributed by atoms with E-state index in [4.69, 9.17) is 15.0 Å². The number of imidazole rings is 1. The molecule has 0 saturated carbocycles. The number of amides is 1. The molecule has 0 atom stereocenters. The Kier molecular flexibility index (Phi) is 5.83. The summed E-state index contributed by atoms with van der Waals surface area (Å²) >= 11 is 0. The molecular weight excluding hydrogens is 366 g/mol. The van der Waals surface area contributed by atoms with Gasteiger partial charge in [-0.15, -0.1) is 0 Å². The van der Waals surface area contributed by atoms with Gasteiger partial charge in [-0.2, -0.15) is 5.26 Å². The van der Waals surface area contributed by atoms with E-state index >= 15 is 0 Å². The first kappa shape index (κ1) is 20.3. The van der Waals surface area contributed by atoms with Crippen LogP contribution in [-0.2, 0) is 4.74 Å². The zero-order valence-corrected chi connectivity index (χ0v) is 17.0. The smallest absolute Gasteiger partial charge is 0.291 e. The number of rotatable bonds is 6. The molecule has 0 bridgehead atoms. The van der Waals surface area contributed by atoms with Crippen LogP contribution in [0.3, 0.4) is 0 Å². The van der Waals surface area contributed by atoms with Crippen molar-refractivity contribution in [3.63, 3.8) is 0 Å². The van der Waals surface area contributed by atoms with Gasteiger partial charge in [0.05, 0.1) is 24.2 Å². The molecule has 0 aliphatic heterocycles. The number of ether oxygens (including phenoxy) is 1. The standard InChI is InChI=1S/C22H25N5O2/c1-5-29-14(2)17-6-7-18(27-21(28)20-24-13-16(12-23)25-20)19(26-17)15-8-10-22(3,4)11-9-15/h6-8,13H,2,5,9-11H2,1,3-4H3,(H,24,25)(H,27,28). The number of nitriles is 1. The molecule has 29 heavy (non-hydrogen) atoms. The molecular formula is C22H25N5O2. The number of hydrogen-bond acceptors (Lipinski definition) is 5. The molecule has 0 aromatic carbocycles. The van der Waals surface area contributed by atoms with Crippen LogP contribution in [0.25, 0.3) is 11.3 Å². The fourth-order valence-electron chi connectivity index (χ4n) is 3.17. The highest BCUT2D eigenvalue weighted by molar-refractivity contribution is 6.03. The zero-order chi connectivity index (χ0) is 21.0. The number of pyridine rings is 1. The maximum absolute atomic E-state index is 12.6. The molecule has 0 unspecified atom stereocenters. The first-order valence-electron chi connectivity index (χ1n) is 9.62. The fourth-order valence-corrected chi connectivity index (χ4v) is 3.17. The van der Waals surface area contributed by atoms with Crippen molar-refractivity contribution >= 4 is 22.9 Å². The molecule has 1 aliphatic carbocycles. The number of hydrogen-bond donors (Lipinski definition) is 2. The van der Waals surface area contributed by atoms with E-state index in [-0.39, 0.29) is 16.9 Å². The second-order valence-corrected chi connectivity index (χ2v) is 7.76. The number of nitrogens with one attached hydrogen (secondary N) is 2. The van der Waals surface area contributed by atoms with Gasteiger partial charge in [0.25, 0.3) is 5.91 Å². The second kappa shape index (κ2) is 8.31. The number of allylic oxidation sites excluding steroid dienone is 2. The van der Waals surface area contributed by atoms with Gasteiger partial charge in [0.2, 0.25) is 0 Å². The molecule has 1 amide bonds. The van der Waals surface area contributed by atoms with Gasteiger partial charge in [0.1, 0.15) is 23.2 Å². The summed E-state index contributed by atoms with van der Waals surface area (Å²) in [6, 6.07) is 5.50. The highest BCUT2D eigenvalue weighted by Crippen LogP contribution is 2.39. The molecule has 0 saturated heterocycles. The lowest BCUT2D eigenvalue weighted by Crippen LogP contribution is -2.18. The summed E-state index contributed by atoms with van der Waals surface area (Å²) in [5, 5.41) is 11.8. The van der Waals surface area contributed by atoms with Crippen molar-refractivity contribution in [2.24, 2.45) is 5.41 Å². The third kappa shape index (κ3) is 4.72. The number of carbonyl (C=O) groups excluding carboxylic acids is 1. The minimum Gasteiger partial charge on any atom is -0.492 e. The van der Waals surface area contributed by atoms with E-state index in [1.165, 1.54) is 6.20 Å². The van der Waals surface area contributed by atoms with E-state index in [1.807, 2.05) is 13.0 Å². The zero-order valence-electron chi connectivity index (χ0n) is 17.0.